The van der Waals surface area contributed by atoms with Crippen LogP contribution in [0.3, 0.4) is 0 Å². The third-order valence-corrected chi connectivity index (χ3v) is 2.95. The lowest BCUT2D eigenvalue weighted by Crippen LogP contribution is -2.34. The fourth-order valence-electron chi connectivity index (χ4n) is 1.76. The van der Waals surface area contributed by atoms with Crippen molar-refractivity contribution in [1.29, 1.82) is 0 Å². The van der Waals surface area contributed by atoms with Gasteiger partial charge in [-0.05, 0) is 25.0 Å². The molecule has 0 aliphatic carbocycles. The molecular weight excluding hydrogens is 238 g/mol. The van der Waals surface area contributed by atoms with E-state index < -0.39 is 0 Å². The fraction of sp³-hybridized carbons (Fsp3) is 0.438. The zero-order valence-electron chi connectivity index (χ0n) is 11.6. The molecule has 0 unspecified atom stereocenters. The predicted molar refractivity (Wildman–Crippen MR) is 76.9 cm³/mol. The molecule has 19 heavy (non-hydrogen) atoms. The van der Waals surface area contributed by atoms with E-state index in [1.165, 1.54) is 0 Å². The van der Waals surface area contributed by atoms with Gasteiger partial charge in [0.1, 0.15) is 0 Å². The topological polar surface area (TPSA) is 49.3 Å². The highest BCUT2D eigenvalue weighted by molar-refractivity contribution is 5.96. The summed E-state index contributed by atoms with van der Waals surface area (Å²) in [4.78, 5) is 12.2. The molecule has 1 rings (SSSR count). The van der Waals surface area contributed by atoms with Crippen LogP contribution in [0.25, 0.3) is 0 Å². The molecule has 1 amide bonds. The van der Waals surface area contributed by atoms with Gasteiger partial charge in [-0.1, -0.05) is 37.8 Å². The minimum Gasteiger partial charge on any atom is -0.395 e. The second-order valence-electron chi connectivity index (χ2n) is 4.31. The van der Waals surface area contributed by atoms with Crippen molar-refractivity contribution in [1.82, 2.24) is 5.32 Å². The molecular formula is C16H21NO2. The minimum absolute atomic E-state index is 0.0368. The molecule has 0 aliphatic rings. The van der Waals surface area contributed by atoms with Crippen molar-refractivity contribution in [3.05, 3.63) is 35.4 Å². The van der Waals surface area contributed by atoms with Gasteiger partial charge < -0.3 is 10.4 Å². The van der Waals surface area contributed by atoms with Gasteiger partial charge in [0.2, 0.25) is 0 Å². The van der Waals surface area contributed by atoms with Crippen LogP contribution >= 0.6 is 0 Å². The molecule has 0 heterocycles. The van der Waals surface area contributed by atoms with E-state index in [1.807, 2.05) is 18.2 Å². The average Bonchev–Trinajstić information content (AvgIpc) is 2.45. The molecule has 0 radical (unpaired) electrons. The molecule has 0 aromatic heterocycles. The van der Waals surface area contributed by atoms with Crippen LogP contribution in [0.5, 0.6) is 0 Å². The second kappa shape index (κ2) is 8.34. The number of hydrogen-bond acceptors (Lipinski definition) is 2. The summed E-state index contributed by atoms with van der Waals surface area (Å²) in [6, 6.07) is 7.49. The lowest BCUT2D eigenvalue weighted by atomic mass is 10.1. The molecule has 102 valence electrons. The van der Waals surface area contributed by atoms with E-state index in [-0.39, 0.29) is 18.6 Å². The lowest BCUT2D eigenvalue weighted by molar-refractivity contribution is 0.0934. The molecule has 0 saturated heterocycles. The van der Waals surface area contributed by atoms with Crippen molar-refractivity contribution in [2.45, 2.75) is 39.2 Å². The Kier molecular flexibility index (Phi) is 6.70. The molecule has 3 heteroatoms. The first-order valence-corrected chi connectivity index (χ1v) is 6.72. The van der Waals surface area contributed by atoms with E-state index in [0.29, 0.717) is 17.5 Å². The van der Waals surface area contributed by atoms with Gasteiger partial charge in [-0.3, -0.25) is 4.79 Å². The Labute approximate surface area is 115 Å². The van der Waals surface area contributed by atoms with Crippen LogP contribution in [0.1, 0.15) is 49.0 Å². The summed E-state index contributed by atoms with van der Waals surface area (Å²) < 4.78 is 0. The SMILES string of the molecule is CCC(CC)NC(=O)c1ccccc1C#CCCO. The Hall–Kier alpha value is -1.79. The lowest BCUT2D eigenvalue weighted by Gasteiger charge is -2.15. The maximum Gasteiger partial charge on any atom is 0.252 e. The van der Waals surface area contributed by atoms with Crippen molar-refractivity contribution in [2.75, 3.05) is 6.61 Å². The Morgan fingerprint density at radius 1 is 1.32 bits per heavy atom. The number of carbonyl (C=O) groups is 1. The summed E-state index contributed by atoms with van der Waals surface area (Å²) in [6.07, 6.45) is 2.25. The third-order valence-electron chi connectivity index (χ3n) is 2.95. The van der Waals surface area contributed by atoms with Crippen LogP contribution in [0.15, 0.2) is 24.3 Å². The number of rotatable bonds is 5. The van der Waals surface area contributed by atoms with Crippen molar-refractivity contribution in [3.63, 3.8) is 0 Å². The van der Waals surface area contributed by atoms with Crippen molar-refractivity contribution in [3.8, 4) is 11.8 Å². The maximum absolute atomic E-state index is 12.2. The van der Waals surface area contributed by atoms with Crippen molar-refractivity contribution < 1.29 is 9.90 Å². The Morgan fingerprint density at radius 3 is 2.63 bits per heavy atom. The first-order valence-electron chi connectivity index (χ1n) is 6.72. The minimum atomic E-state index is -0.0809. The summed E-state index contributed by atoms with van der Waals surface area (Å²) in [5.74, 6) is 5.70. The van der Waals surface area contributed by atoms with E-state index in [9.17, 15) is 4.79 Å². The van der Waals surface area contributed by atoms with Crippen LogP contribution in [-0.2, 0) is 0 Å². The maximum atomic E-state index is 12.2. The molecule has 3 nitrogen and oxygen atoms in total. The van der Waals surface area contributed by atoms with E-state index in [1.54, 1.807) is 6.07 Å². The predicted octanol–water partition coefficient (Wildman–Crippen LogP) is 2.34. The second-order valence-corrected chi connectivity index (χ2v) is 4.31. The summed E-state index contributed by atoms with van der Waals surface area (Å²) in [7, 11) is 0. The number of carbonyl (C=O) groups excluding carboxylic acids is 1. The largest absolute Gasteiger partial charge is 0.395 e. The zero-order chi connectivity index (χ0) is 14.1. The van der Waals surface area contributed by atoms with Crippen LogP contribution in [0.2, 0.25) is 0 Å². The Bertz CT molecular complexity index is 467. The van der Waals surface area contributed by atoms with Crippen molar-refractivity contribution in [2.24, 2.45) is 0 Å². The van der Waals surface area contributed by atoms with Gasteiger partial charge in [-0.15, -0.1) is 0 Å². The van der Waals surface area contributed by atoms with E-state index in [4.69, 9.17) is 5.11 Å². The first kappa shape index (κ1) is 15.3. The van der Waals surface area contributed by atoms with Crippen LogP contribution in [0.4, 0.5) is 0 Å². The number of aliphatic hydroxyl groups excluding tert-OH is 1. The van der Waals surface area contributed by atoms with E-state index in [2.05, 4.69) is 31.0 Å². The standard InChI is InChI=1S/C16H21NO2/c1-3-14(4-2)17-16(19)15-11-6-5-9-13(15)10-7-8-12-18/h5-6,9,11,14,18H,3-4,8,12H2,1-2H3,(H,17,19). The van der Waals surface area contributed by atoms with Crippen LogP contribution in [0, 0.1) is 11.8 Å². The van der Waals surface area contributed by atoms with Gasteiger partial charge in [0, 0.05) is 18.0 Å². The number of amides is 1. The van der Waals surface area contributed by atoms with Crippen LogP contribution in [-0.4, -0.2) is 23.7 Å². The van der Waals surface area contributed by atoms with Crippen molar-refractivity contribution >= 4 is 5.91 Å². The highest BCUT2D eigenvalue weighted by Crippen LogP contribution is 2.09. The number of hydrogen-bond donors (Lipinski definition) is 2. The molecule has 0 spiro atoms. The van der Waals surface area contributed by atoms with E-state index in [0.717, 1.165) is 12.8 Å². The first-order chi connectivity index (χ1) is 9.22. The highest BCUT2D eigenvalue weighted by atomic mass is 16.2. The summed E-state index contributed by atoms with van der Waals surface area (Å²) in [5.41, 5.74) is 1.30. The number of nitrogens with one attached hydrogen (secondary N) is 1. The molecule has 0 saturated carbocycles. The molecule has 1 aromatic carbocycles. The monoisotopic (exact) mass is 259 g/mol. The van der Waals surface area contributed by atoms with Gasteiger partial charge in [-0.2, -0.15) is 0 Å². The summed E-state index contributed by atoms with van der Waals surface area (Å²) >= 11 is 0. The van der Waals surface area contributed by atoms with Gasteiger partial charge in [0.15, 0.2) is 0 Å². The molecule has 0 atom stereocenters. The zero-order valence-corrected chi connectivity index (χ0v) is 11.6. The molecule has 0 fully saturated rings. The van der Waals surface area contributed by atoms with E-state index >= 15 is 0 Å². The fourth-order valence-corrected chi connectivity index (χ4v) is 1.76. The molecule has 0 aliphatic heterocycles. The van der Waals surface area contributed by atoms with Gasteiger partial charge >= 0.3 is 0 Å². The Balaban J connectivity index is 2.88. The number of aliphatic hydroxyl groups is 1. The molecule has 1 aromatic rings. The van der Waals surface area contributed by atoms with Gasteiger partial charge in [0.05, 0.1) is 12.2 Å². The third kappa shape index (κ3) is 4.76. The normalized spacial score (nSPS) is 9.89. The molecule has 2 N–H and O–H groups in total. The average molecular weight is 259 g/mol. The Morgan fingerprint density at radius 2 is 2.00 bits per heavy atom. The summed E-state index contributed by atoms with van der Waals surface area (Å²) in [5, 5.41) is 11.7. The smallest absolute Gasteiger partial charge is 0.252 e. The highest BCUT2D eigenvalue weighted by Gasteiger charge is 2.12. The number of benzene rings is 1. The van der Waals surface area contributed by atoms with Gasteiger partial charge in [0.25, 0.3) is 5.91 Å². The quantitative estimate of drug-likeness (QED) is 0.797. The summed E-state index contributed by atoms with van der Waals surface area (Å²) in [6.45, 7) is 4.15. The van der Waals surface area contributed by atoms with Crippen LogP contribution < -0.4 is 5.32 Å². The molecule has 0 bridgehead atoms. The van der Waals surface area contributed by atoms with Gasteiger partial charge in [-0.25, -0.2) is 0 Å².